The third-order valence-electron chi connectivity index (χ3n) is 2.93. The summed E-state index contributed by atoms with van der Waals surface area (Å²) in [6, 6.07) is 7.82. The summed E-state index contributed by atoms with van der Waals surface area (Å²) in [7, 11) is 1.66. The molecule has 1 N–H and O–H groups in total. The number of nitrogens with zero attached hydrogens (tertiary/aromatic N) is 1. The smallest absolute Gasteiger partial charge is 0.129 e. The van der Waals surface area contributed by atoms with Crippen molar-refractivity contribution in [1.82, 2.24) is 4.98 Å². The molecule has 1 aromatic heterocycles. The van der Waals surface area contributed by atoms with E-state index in [9.17, 15) is 5.11 Å². The van der Waals surface area contributed by atoms with Crippen molar-refractivity contribution < 1.29 is 9.84 Å². The zero-order chi connectivity index (χ0) is 14.0. The maximum atomic E-state index is 10.2. The van der Waals surface area contributed by atoms with Crippen LogP contribution < -0.4 is 4.74 Å². The zero-order valence-corrected chi connectivity index (χ0v) is 12.5. The molecule has 3 nitrogen and oxygen atoms in total. The number of aryl methyl sites for hydroxylation is 1. The molecular weight excluding hydrogens is 258 g/mol. The first kappa shape index (κ1) is 14.0. The molecule has 2 rings (SSSR count). The summed E-state index contributed by atoms with van der Waals surface area (Å²) >= 11 is 1.53. The number of methoxy groups -OCH3 is 1. The standard InChI is InChI=1S/C15H19NO2S/c1-5-11-13(15(2,3)17)19-14(16-11)10-8-6-7-9-12(10)18-4/h6-9,17H,5H2,1-4H3. The lowest BCUT2D eigenvalue weighted by Gasteiger charge is -2.15. The van der Waals surface area contributed by atoms with E-state index in [0.717, 1.165) is 33.3 Å². The molecule has 0 atom stereocenters. The lowest BCUT2D eigenvalue weighted by molar-refractivity contribution is 0.0814. The van der Waals surface area contributed by atoms with Gasteiger partial charge in [-0.1, -0.05) is 19.1 Å². The molecule has 0 aliphatic carbocycles. The molecular formula is C15H19NO2S. The van der Waals surface area contributed by atoms with Crippen molar-refractivity contribution in [1.29, 1.82) is 0 Å². The van der Waals surface area contributed by atoms with E-state index in [-0.39, 0.29) is 0 Å². The third-order valence-corrected chi connectivity index (χ3v) is 4.37. The molecule has 102 valence electrons. The summed E-state index contributed by atoms with van der Waals surface area (Å²) in [5.41, 5.74) is 1.07. The van der Waals surface area contributed by atoms with Crippen LogP contribution in [0.5, 0.6) is 5.75 Å². The van der Waals surface area contributed by atoms with E-state index < -0.39 is 5.60 Å². The first-order valence-corrected chi connectivity index (χ1v) is 7.15. The highest BCUT2D eigenvalue weighted by molar-refractivity contribution is 7.15. The summed E-state index contributed by atoms with van der Waals surface area (Å²) in [5, 5.41) is 11.1. The van der Waals surface area contributed by atoms with Gasteiger partial charge in [-0.2, -0.15) is 0 Å². The molecule has 0 amide bonds. The van der Waals surface area contributed by atoms with Gasteiger partial charge in [0.05, 0.1) is 28.8 Å². The molecule has 1 aromatic carbocycles. The first-order valence-electron chi connectivity index (χ1n) is 6.33. The van der Waals surface area contributed by atoms with Crippen molar-refractivity contribution in [2.75, 3.05) is 7.11 Å². The predicted octanol–water partition coefficient (Wildman–Crippen LogP) is 3.61. The van der Waals surface area contributed by atoms with E-state index in [1.54, 1.807) is 21.0 Å². The van der Waals surface area contributed by atoms with Gasteiger partial charge in [0.15, 0.2) is 0 Å². The Kier molecular flexibility index (Phi) is 3.92. The number of ether oxygens (including phenoxy) is 1. The van der Waals surface area contributed by atoms with Crippen LogP contribution in [0.1, 0.15) is 31.3 Å². The number of benzene rings is 1. The Hall–Kier alpha value is -1.39. The first-order chi connectivity index (χ1) is 8.97. The van der Waals surface area contributed by atoms with Crippen molar-refractivity contribution in [3.8, 4) is 16.3 Å². The maximum Gasteiger partial charge on any atom is 0.129 e. The van der Waals surface area contributed by atoms with Gasteiger partial charge in [0.1, 0.15) is 10.8 Å². The molecule has 19 heavy (non-hydrogen) atoms. The quantitative estimate of drug-likeness (QED) is 0.928. The number of hydrogen-bond acceptors (Lipinski definition) is 4. The van der Waals surface area contributed by atoms with Gasteiger partial charge in [0.2, 0.25) is 0 Å². The van der Waals surface area contributed by atoms with Crippen LogP contribution in [-0.2, 0) is 12.0 Å². The van der Waals surface area contributed by atoms with Crippen molar-refractivity contribution in [2.45, 2.75) is 32.8 Å². The fourth-order valence-electron chi connectivity index (χ4n) is 2.01. The molecule has 0 aliphatic heterocycles. The summed E-state index contributed by atoms with van der Waals surface area (Å²) in [5.74, 6) is 0.807. The van der Waals surface area contributed by atoms with Gasteiger partial charge in [-0.05, 0) is 32.4 Å². The van der Waals surface area contributed by atoms with Crippen molar-refractivity contribution in [3.63, 3.8) is 0 Å². The number of rotatable bonds is 4. The predicted molar refractivity (Wildman–Crippen MR) is 78.7 cm³/mol. The maximum absolute atomic E-state index is 10.2. The summed E-state index contributed by atoms with van der Waals surface area (Å²) in [4.78, 5) is 5.58. The van der Waals surface area contributed by atoms with Crippen LogP contribution in [0.3, 0.4) is 0 Å². The number of aromatic nitrogens is 1. The van der Waals surface area contributed by atoms with E-state index in [0.29, 0.717) is 0 Å². The second kappa shape index (κ2) is 5.31. The Morgan fingerprint density at radius 3 is 2.53 bits per heavy atom. The van der Waals surface area contributed by atoms with E-state index in [4.69, 9.17) is 4.74 Å². The average Bonchev–Trinajstić information content (AvgIpc) is 2.82. The Labute approximate surface area is 117 Å². The van der Waals surface area contributed by atoms with Crippen LogP contribution in [0, 0.1) is 0 Å². The van der Waals surface area contributed by atoms with Gasteiger partial charge in [-0.15, -0.1) is 11.3 Å². The Morgan fingerprint density at radius 1 is 1.32 bits per heavy atom. The van der Waals surface area contributed by atoms with Crippen LogP contribution in [0.15, 0.2) is 24.3 Å². The van der Waals surface area contributed by atoms with Gasteiger partial charge in [0.25, 0.3) is 0 Å². The second-order valence-electron chi connectivity index (χ2n) is 4.91. The fourth-order valence-corrected chi connectivity index (χ4v) is 3.19. The lowest BCUT2D eigenvalue weighted by atomic mass is 10.1. The largest absolute Gasteiger partial charge is 0.496 e. The Balaban J connectivity index is 2.55. The normalized spacial score (nSPS) is 11.6. The van der Waals surface area contributed by atoms with Crippen LogP contribution >= 0.6 is 11.3 Å². The average molecular weight is 277 g/mol. The van der Waals surface area contributed by atoms with Gasteiger partial charge in [-0.3, -0.25) is 0 Å². The van der Waals surface area contributed by atoms with Gasteiger partial charge < -0.3 is 9.84 Å². The molecule has 2 aromatic rings. The number of thiazole rings is 1. The number of aliphatic hydroxyl groups is 1. The summed E-state index contributed by atoms with van der Waals surface area (Å²) in [6.07, 6.45) is 0.810. The number of hydrogen-bond donors (Lipinski definition) is 1. The highest BCUT2D eigenvalue weighted by Gasteiger charge is 2.25. The highest BCUT2D eigenvalue weighted by atomic mass is 32.1. The van der Waals surface area contributed by atoms with E-state index >= 15 is 0 Å². The lowest BCUT2D eigenvalue weighted by Crippen LogP contribution is -2.15. The topological polar surface area (TPSA) is 42.4 Å². The van der Waals surface area contributed by atoms with Crippen LogP contribution in [0.4, 0.5) is 0 Å². The molecule has 0 unspecified atom stereocenters. The van der Waals surface area contributed by atoms with Crippen molar-refractivity contribution in [3.05, 3.63) is 34.8 Å². The molecule has 4 heteroatoms. The molecule has 0 radical (unpaired) electrons. The van der Waals surface area contributed by atoms with Crippen LogP contribution in [0.2, 0.25) is 0 Å². The van der Waals surface area contributed by atoms with Crippen molar-refractivity contribution in [2.24, 2.45) is 0 Å². The van der Waals surface area contributed by atoms with Crippen LogP contribution in [0.25, 0.3) is 10.6 Å². The second-order valence-corrected chi connectivity index (χ2v) is 5.91. The molecule has 0 spiro atoms. The van der Waals surface area contributed by atoms with E-state index in [2.05, 4.69) is 11.9 Å². The van der Waals surface area contributed by atoms with E-state index in [1.807, 2.05) is 24.3 Å². The molecule has 0 saturated heterocycles. The molecule has 0 fully saturated rings. The minimum atomic E-state index is -0.858. The minimum Gasteiger partial charge on any atom is -0.496 e. The van der Waals surface area contributed by atoms with Crippen LogP contribution in [-0.4, -0.2) is 17.2 Å². The minimum absolute atomic E-state index is 0.807. The molecule has 0 bridgehead atoms. The Morgan fingerprint density at radius 2 is 2.00 bits per heavy atom. The van der Waals surface area contributed by atoms with Crippen molar-refractivity contribution >= 4 is 11.3 Å². The Bertz CT molecular complexity index is 570. The third kappa shape index (κ3) is 2.80. The molecule has 0 aliphatic rings. The molecule has 0 saturated carbocycles. The molecule has 1 heterocycles. The zero-order valence-electron chi connectivity index (χ0n) is 11.7. The monoisotopic (exact) mass is 277 g/mol. The fraction of sp³-hybridized carbons (Fsp3) is 0.400. The van der Waals surface area contributed by atoms with Gasteiger partial charge >= 0.3 is 0 Å². The van der Waals surface area contributed by atoms with E-state index in [1.165, 1.54) is 11.3 Å². The summed E-state index contributed by atoms with van der Waals surface area (Å²) < 4.78 is 5.37. The van der Waals surface area contributed by atoms with Gasteiger partial charge in [0, 0.05) is 0 Å². The summed E-state index contributed by atoms with van der Waals surface area (Å²) in [6.45, 7) is 5.65. The SMILES string of the molecule is CCc1nc(-c2ccccc2OC)sc1C(C)(C)O. The van der Waals surface area contributed by atoms with Gasteiger partial charge in [-0.25, -0.2) is 4.98 Å². The number of para-hydroxylation sites is 1. The highest BCUT2D eigenvalue weighted by Crippen LogP contribution is 2.38.